The molecule has 4 heteroatoms. The van der Waals surface area contributed by atoms with Gasteiger partial charge in [0.05, 0.1) is 12.4 Å². The van der Waals surface area contributed by atoms with Crippen LogP contribution < -0.4 is 10.2 Å². The molecule has 2 heterocycles. The second-order valence-electron chi connectivity index (χ2n) is 7.37. The van der Waals surface area contributed by atoms with E-state index in [-0.39, 0.29) is 5.83 Å². The Hall–Kier alpha value is -1.91. The van der Waals surface area contributed by atoms with E-state index in [0.29, 0.717) is 6.61 Å². The van der Waals surface area contributed by atoms with Crippen LogP contribution in [-0.2, 0) is 24.0 Å². The van der Waals surface area contributed by atoms with Gasteiger partial charge in [0.15, 0.2) is 0 Å². The first-order valence-electron chi connectivity index (χ1n) is 9.93. The Morgan fingerprint density at radius 1 is 1.30 bits per heavy atom. The standard InChI is InChI=1S/C23H31FN2O/c1-17(6-4-7-18(2)24)22-21-10-12-25-11-9-19(21)16-20-8-5-13-26(23(20)22)14-15-27-3/h4,6-7,16,25H,1,5,8-15H2,2-3H3/b6-4-,18-7+. The van der Waals surface area contributed by atoms with Crippen molar-refractivity contribution < 1.29 is 9.13 Å². The molecule has 0 spiro atoms. The van der Waals surface area contributed by atoms with Crippen molar-refractivity contribution in [1.29, 1.82) is 0 Å². The maximum Gasteiger partial charge on any atom is 0.0968 e. The van der Waals surface area contributed by atoms with Crippen LogP contribution in [0.1, 0.15) is 35.6 Å². The average Bonchev–Trinajstić information content (AvgIpc) is 2.89. The molecule has 27 heavy (non-hydrogen) atoms. The molecule has 0 aromatic heterocycles. The highest BCUT2D eigenvalue weighted by atomic mass is 19.1. The Balaban J connectivity index is 2.10. The van der Waals surface area contributed by atoms with Crippen molar-refractivity contribution in [2.75, 3.05) is 44.8 Å². The van der Waals surface area contributed by atoms with Crippen LogP contribution in [0.5, 0.6) is 0 Å². The molecule has 0 amide bonds. The number of benzene rings is 1. The number of hydrogen-bond acceptors (Lipinski definition) is 3. The molecule has 0 radical (unpaired) electrons. The zero-order valence-corrected chi connectivity index (χ0v) is 16.6. The quantitative estimate of drug-likeness (QED) is 0.759. The van der Waals surface area contributed by atoms with Gasteiger partial charge in [0.25, 0.3) is 0 Å². The molecule has 0 unspecified atom stereocenters. The van der Waals surface area contributed by atoms with Crippen LogP contribution in [0, 0.1) is 0 Å². The van der Waals surface area contributed by atoms with Crippen molar-refractivity contribution in [2.24, 2.45) is 0 Å². The minimum absolute atomic E-state index is 0.195. The van der Waals surface area contributed by atoms with Gasteiger partial charge in [0.2, 0.25) is 0 Å². The third kappa shape index (κ3) is 4.69. The predicted octanol–water partition coefficient (Wildman–Crippen LogP) is 4.22. The van der Waals surface area contributed by atoms with Crippen molar-refractivity contribution in [3.05, 3.63) is 59.0 Å². The van der Waals surface area contributed by atoms with Gasteiger partial charge in [0, 0.05) is 31.5 Å². The Labute approximate surface area is 162 Å². The molecule has 2 aliphatic heterocycles. The summed E-state index contributed by atoms with van der Waals surface area (Å²) in [7, 11) is 1.75. The lowest BCUT2D eigenvalue weighted by atomic mass is 9.85. The summed E-state index contributed by atoms with van der Waals surface area (Å²) in [6, 6.07) is 2.42. The van der Waals surface area contributed by atoms with Crippen molar-refractivity contribution in [3.63, 3.8) is 0 Å². The summed E-state index contributed by atoms with van der Waals surface area (Å²) in [5.74, 6) is -0.195. The SMILES string of the molecule is C=C(/C=C\C=C(/C)F)c1c2c(cc3c1N(CCOC)CCC3)CCNCC2. The van der Waals surface area contributed by atoms with Crippen LogP contribution >= 0.6 is 0 Å². The number of anilines is 1. The van der Waals surface area contributed by atoms with Gasteiger partial charge >= 0.3 is 0 Å². The summed E-state index contributed by atoms with van der Waals surface area (Å²) in [4.78, 5) is 2.45. The number of nitrogens with zero attached hydrogens (tertiary/aromatic N) is 1. The van der Waals surface area contributed by atoms with E-state index in [4.69, 9.17) is 4.74 Å². The molecule has 0 saturated heterocycles. The van der Waals surface area contributed by atoms with E-state index < -0.39 is 0 Å². The van der Waals surface area contributed by atoms with E-state index in [2.05, 4.69) is 22.9 Å². The second-order valence-corrected chi connectivity index (χ2v) is 7.37. The van der Waals surface area contributed by atoms with Crippen molar-refractivity contribution in [2.45, 2.75) is 32.6 Å². The fourth-order valence-corrected chi connectivity index (χ4v) is 4.18. The molecular formula is C23H31FN2O. The summed E-state index contributed by atoms with van der Waals surface area (Å²) in [5.41, 5.74) is 7.79. The lowest BCUT2D eigenvalue weighted by Gasteiger charge is -2.35. The first-order chi connectivity index (χ1) is 13.1. The number of nitrogens with one attached hydrogen (secondary N) is 1. The van der Waals surface area contributed by atoms with Gasteiger partial charge in [-0.2, -0.15) is 0 Å². The number of rotatable bonds is 6. The summed E-state index contributed by atoms with van der Waals surface area (Å²) >= 11 is 0. The van der Waals surface area contributed by atoms with Gasteiger partial charge in [-0.05, 0) is 74.0 Å². The third-order valence-electron chi connectivity index (χ3n) is 5.40. The largest absolute Gasteiger partial charge is 0.383 e. The number of aryl methyl sites for hydroxylation is 1. The van der Waals surface area contributed by atoms with Gasteiger partial charge in [-0.25, -0.2) is 4.39 Å². The highest BCUT2D eigenvalue weighted by Crippen LogP contribution is 2.40. The van der Waals surface area contributed by atoms with Crippen LogP contribution in [0.4, 0.5) is 10.1 Å². The van der Waals surface area contributed by atoms with Crippen molar-refractivity contribution in [1.82, 2.24) is 5.32 Å². The molecule has 0 aliphatic carbocycles. The second kappa shape index (κ2) is 9.34. The molecule has 1 N–H and O–H groups in total. The lowest BCUT2D eigenvalue weighted by molar-refractivity contribution is 0.205. The van der Waals surface area contributed by atoms with Gasteiger partial charge in [-0.15, -0.1) is 0 Å². The van der Waals surface area contributed by atoms with E-state index in [1.807, 2.05) is 6.08 Å². The van der Waals surface area contributed by atoms with E-state index in [1.54, 1.807) is 13.2 Å². The first kappa shape index (κ1) is 19.8. The molecule has 1 aromatic carbocycles. The molecule has 0 atom stereocenters. The maximum atomic E-state index is 13.1. The Bertz CT molecular complexity index is 747. The van der Waals surface area contributed by atoms with Crippen molar-refractivity contribution in [3.8, 4) is 0 Å². The zero-order chi connectivity index (χ0) is 19.2. The lowest BCUT2D eigenvalue weighted by Crippen LogP contribution is -2.33. The minimum atomic E-state index is -0.195. The molecule has 1 aromatic rings. The molecular weight excluding hydrogens is 339 g/mol. The van der Waals surface area contributed by atoms with Crippen molar-refractivity contribution >= 4 is 11.3 Å². The summed E-state index contributed by atoms with van der Waals surface area (Å²) in [6.07, 6.45) is 9.52. The fourth-order valence-electron chi connectivity index (χ4n) is 4.18. The van der Waals surface area contributed by atoms with Gasteiger partial charge in [-0.3, -0.25) is 0 Å². The van der Waals surface area contributed by atoms with E-state index in [1.165, 1.54) is 47.4 Å². The average molecular weight is 371 g/mol. The Kier molecular flexibility index (Phi) is 6.86. The highest BCUT2D eigenvalue weighted by Gasteiger charge is 2.26. The normalized spacial score (nSPS) is 17.6. The van der Waals surface area contributed by atoms with Gasteiger partial charge < -0.3 is 15.0 Å². The number of hydrogen-bond donors (Lipinski definition) is 1. The molecule has 146 valence electrons. The van der Waals surface area contributed by atoms with Crippen LogP contribution in [0.25, 0.3) is 5.57 Å². The molecule has 0 fully saturated rings. The number of methoxy groups -OCH3 is 1. The zero-order valence-electron chi connectivity index (χ0n) is 16.6. The van der Waals surface area contributed by atoms with E-state index in [0.717, 1.165) is 51.0 Å². The number of allylic oxidation sites excluding steroid dienone is 5. The molecule has 3 nitrogen and oxygen atoms in total. The molecule has 0 saturated carbocycles. The Morgan fingerprint density at radius 2 is 2.11 bits per heavy atom. The summed E-state index contributed by atoms with van der Waals surface area (Å²) in [5, 5.41) is 3.51. The monoisotopic (exact) mass is 370 g/mol. The van der Waals surface area contributed by atoms with Gasteiger partial charge in [-0.1, -0.05) is 24.8 Å². The maximum absolute atomic E-state index is 13.1. The molecule has 3 rings (SSSR count). The van der Waals surface area contributed by atoms with Crippen LogP contribution in [0.3, 0.4) is 0 Å². The Morgan fingerprint density at radius 3 is 2.89 bits per heavy atom. The first-order valence-corrected chi connectivity index (χ1v) is 9.93. The smallest absolute Gasteiger partial charge is 0.0968 e. The number of fused-ring (bicyclic) bond motifs is 2. The fraction of sp³-hybridized carbons (Fsp3) is 0.478. The number of halogens is 1. The van der Waals surface area contributed by atoms with E-state index >= 15 is 0 Å². The van der Waals surface area contributed by atoms with Crippen LogP contribution in [0.15, 0.2) is 36.7 Å². The van der Waals surface area contributed by atoms with Gasteiger partial charge in [0.1, 0.15) is 0 Å². The van der Waals surface area contributed by atoms with E-state index in [9.17, 15) is 4.39 Å². The highest BCUT2D eigenvalue weighted by molar-refractivity contribution is 5.86. The summed E-state index contributed by atoms with van der Waals surface area (Å²) in [6.45, 7) is 10.5. The summed E-state index contributed by atoms with van der Waals surface area (Å²) < 4.78 is 18.5. The van der Waals surface area contributed by atoms with Crippen LogP contribution in [0.2, 0.25) is 0 Å². The molecule has 0 bridgehead atoms. The van der Waals surface area contributed by atoms with Crippen LogP contribution in [-0.4, -0.2) is 39.9 Å². The number of ether oxygens (including phenoxy) is 1. The minimum Gasteiger partial charge on any atom is -0.383 e. The predicted molar refractivity (Wildman–Crippen MR) is 112 cm³/mol. The topological polar surface area (TPSA) is 24.5 Å². The third-order valence-corrected chi connectivity index (χ3v) is 5.40. The molecule has 2 aliphatic rings.